The van der Waals surface area contributed by atoms with Crippen LogP contribution in [0, 0.1) is 6.92 Å². The SMILES string of the molecule is Cc1ccccc1C(=O)N1CCC(Oc2ccc(C(F)(F)F)cn2)CC1. The number of pyridine rings is 1. The summed E-state index contributed by atoms with van der Waals surface area (Å²) in [6.07, 6.45) is -2.58. The fraction of sp³-hybridized carbons (Fsp3) is 0.368. The van der Waals surface area contributed by atoms with Crippen molar-refractivity contribution in [3.8, 4) is 5.88 Å². The van der Waals surface area contributed by atoms with Crippen LogP contribution in [0.3, 0.4) is 0 Å². The van der Waals surface area contributed by atoms with Gasteiger partial charge in [0.1, 0.15) is 6.10 Å². The number of aryl methyl sites for hydroxylation is 1. The third-order valence-corrected chi connectivity index (χ3v) is 4.46. The first-order chi connectivity index (χ1) is 12.3. The van der Waals surface area contributed by atoms with Crippen LogP contribution < -0.4 is 4.74 Å². The van der Waals surface area contributed by atoms with Crippen molar-refractivity contribution in [1.82, 2.24) is 9.88 Å². The van der Waals surface area contributed by atoms with Crippen molar-refractivity contribution < 1.29 is 22.7 Å². The maximum absolute atomic E-state index is 12.6. The molecule has 4 nitrogen and oxygen atoms in total. The van der Waals surface area contributed by atoms with Crippen LogP contribution in [-0.4, -0.2) is 35.0 Å². The molecule has 1 aromatic heterocycles. The van der Waals surface area contributed by atoms with Crippen LogP contribution in [-0.2, 0) is 6.18 Å². The lowest BCUT2D eigenvalue weighted by Gasteiger charge is -2.32. The van der Waals surface area contributed by atoms with Crippen molar-refractivity contribution in [2.45, 2.75) is 32.0 Å². The van der Waals surface area contributed by atoms with Gasteiger partial charge in [0.05, 0.1) is 5.56 Å². The molecule has 0 aliphatic carbocycles. The molecule has 0 N–H and O–H groups in total. The van der Waals surface area contributed by atoms with Crippen molar-refractivity contribution in [1.29, 1.82) is 0 Å². The van der Waals surface area contributed by atoms with E-state index in [0.29, 0.717) is 31.5 Å². The Bertz CT molecular complexity index is 767. The summed E-state index contributed by atoms with van der Waals surface area (Å²) in [5.41, 5.74) is 0.824. The van der Waals surface area contributed by atoms with Gasteiger partial charge in [-0.2, -0.15) is 13.2 Å². The summed E-state index contributed by atoms with van der Waals surface area (Å²) in [6.45, 7) is 2.98. The normalized spacial score (nSPS) is 15.8. The van der Waals surface area contributed by atoms with Crippen molar-refractivity contribution in [2.75, 3.05) is 13.1 Å². The molecule has 1 amide bonds. The molecule has 0 atom stereocenters. The maximum Gasteiger partial charge on any atom is 0.417 e. The van der Waals surface area contributed by atoms with Crippen molar-refractivity contribution in [2.24, 2.45) is 0 Å². The summed E-state index contributed by atoms with van der Waals surface area (Å²) in [4.78, 5) is 18.1. The second kappa shape index (κ2) is 7.35. The van der Waals surface area contributed by atoms with E-state index >= 15 is 0 Å². The Morgan fingerprint density at radius 3 is 2.42 bits per heavy atom. The van der Waals surface area contributed by atoms with Crippen molar-refractivity contribution in [3.63, 3.8) is 0 Å². The lowest BCUT2D eigenvalue weighted by atomic mass is 10.0. The highest BCUT2D eigenvalue weighted by atomic mass is 19.4. The minimum atomic E-state index is -4.41. The number of alkyl halides is 3. The predicted molar refractivity (Wildman–Crippen MR) is 90.0 cm³/mol. The fourth-order valence-electron chi connectivity index (χ4n) is 2.95. The predicted octanol–water partition coefficient (Wildman–Crippen LogP) is 4.09. The summed E-state index contributed by atoms with van der Waals surface area (Å²) in [6, 6.07) is 9.63. The van der Waals surface area contributed by atoms with Crippen molar-refractivity contribution in [3.05, 3.63) is 59.3 Å². The average Bonchev–Trinajstić information content (AvgIpc) is 2.62. The molecule has 0 radical (unpaired) electrons. The van der Waals surface area contributed by atoms with Crippen LogP contribution in [0.25, 0.3) is 0 Å². The fourth-order valence-corrected chi connectivity index (χ4v) is 2.95. The average molecular weight is 364 g/mol. The van der Waals surface area contributed by atoms with E-state index in [2.05, 4.69) is 4.98 Å². The number of nitrogens with zero attached hydrogens (tertiary/aromatic N) is 2. The van der Waals surface area contributed by atoms with Gasteiger partial charge in [-0.25, -0.2) is 4.98 Å². The van der Waals surface area contributed by atoms with Gasteiger partial charge < -0.3 is 9.64 Å². The molecule has 1 fully saturated rings. The van der Waals surface area contributed by atoms with Gasteiger partial charge in [0, 0.05) is 43.8 Å². The number of benzene rings is 1. The zero-order valence-electron chi connectivity index (χ0n) is 14.3. The number of piperidine rings is 1. The van der Waals surface area contributed by atoms with E-state index in [-0.39, 0.29) is 17.9 Å². The molecular weight excluding hydrogens is 345 g/mol. The van der Waals surface area contributed by atoms with Crippen LogP contribution in [0.1, 0.15) is 34.3 Å². The van der Waals surface area contributed by atoms with Gasteiger partial charge >= 0.3 is 6.18 Å². The number of carbonyl (C=O) groups excluding carboxylic acids is 1. The van der Waals surface area contributed by atoms with Crippen LogP contribution in [0.15, 0.2) is 42.6 Å². The molecule has 0 saturated carbocycles. The summed E-state index contributed by atoms with van der Waals surface area (Å²) >= 11 is 0. The molecule has 1 aliphatic rings. The van der Waals surface area contributed by atoms with Gasteiger partial charge in [0.15, 0.2) is 0 Å². The first kappa shape index (κ1) is 18.2. The van der Waals surface area contributed by atoms with E-state index in [0.717, 1.165) is 17.8 Å². The molecule has 1 saturated heterocycles. The zero-order valence-corrected chi connectivity index (χ0v) is 14.3. The van der Waals surface area contributed by atoms with Gasteiger partial charge in [-0.15, -0.1) is 0 Å². The van der Waals surface area contributed by atoms with Gasteiger partial charge in [0.25, 0.3) is 5.91 Å². The molecular formula is C19H19F3N2O2. The maximum atomic E-state index is 12.6. The molecule has 138 valence electrons. The number of rotatable bonds is 3. The number of hydrogen-bond donors (Lipinski definition) is 0. The van der Waals surface area contributed by atoms with E-state index in [9.17, 15) is 18.0 Å². The molecule has 2 aromatic rings. The van der Waals surface area contributed by atoms with E-state index < -0.39 is 11.7 Å². The van der Waals surface area contributed by atoms with Crippen molar-refractivity contribution >= 4 is 5.91 Å². The second-order valence-electron chi connectivity index (χ2n) is 6.31. The number of halogens is 3. The Hall–Kier alpha value is -2.57. The Morgan fingerprint density at radius 2 is 1.85 bits per heavy atom. The highest BCUT2D eigenvalue weighted by Gasteiger charge is 2.31. The number of amides is 1. The third kappa shape index (κ3) is 4.15. The monoisotopic (exact) mass is 364 g/mol. The lowest BCUT2D eigenvalue weighted by Crippen LogP contribution is -2.42. The largest absolute Gasteiger partial charge is 0.474 e. The highest BCUT2D eigenvalue weighted by molar-refractivity contribution is 5.95. The highest BCUT2D eigenvalue weighted by Crippen LogP contribution is 2.29. The van der Waals surface area contributed by atoms with Gasteiger partial charge in [0.2, 0.25) is 5.88 Å². The smallest absolute Gasteiger partial charge is 0.417 e. The van der Waals surface area contributed by atoms with E-state index in [1.165, 1.54) is 6.07 Å². The number of hydrogen-bond acceptors (Lipinski definition) is 3. The Morgan fingerprint density at radius 1 is 1.15 bits per heavy atom. The molecule has 1 aromatic carbocycles. The van der Waals surface area contributed by atoms with Crippen LogP contribution in [0.5, 0.6) is 5.88 Å². The molecule has 1 aliphatic heterocycles. The molecule has 0 unspecified atom stereocenters. The second-order valence-corrected chi connectivity index (χ2v) is 6.31. The van der Waals surface area contributed by atoms with Crippen LogP contribution >= 0.6 is 0 Å². The van der Waals surface area contributed by atoms with Gasteiger partial charge in [-0.1, -0.05) is 18.2 Å². The first-order valence-corrected chi connectivity index (χ1v) is 8.39. The van der Waals surface area contributed by atoms with E-state index in [1.807, 2.05) is 31.2 Å². The topological polar surface area (TPSA) is 42.4 Å². The minimum absolute atomic E-state index is 0.00537. The molecule has 0 spiro atoms. The standard InChI is InChI=1S/C19H19F3N2O2/c1-13-4-2-3-5-16(13)18(25)24-10-8-15(9-11-24)26-17-7-6-14(12-23-17)19(20,21)22/h2-7,12,15H,8-11H2,1H3. The van der Waals surface area contributed by atoms with Gasteiger partial charge in [-0.3, -0.25) is 4.79 Å². The lowest BCUT2D eigenvalue weighted by molar-refractivity contribution is -0.137. The number of aromatic nitrogens is 1. The van der Waals surface area contributed by atoms with Crippen LogP contribution in [0.4, 0.5) is 13.2 Å². The summed E-state index contributed by atoms with van der Waals surface area (Å²) in [7, 11) is 0. The molecule has 2 heterocycles. The summed E-state index contributed by atoms with van der Waals surface area (Å²) < 4.78 is 43.3. The quantitative estimate of drug-likeness (QED) is 0.824. The first-order valence-electron chi connectivity index (χ1n) is 8.39. The summed E-state index contributed by atoms with van der Waals surface area (Å²) in [5, 5.41) is 0. The third-order valence-electron chi connectivity index (χ3n) is 4.46. The molecule has 0 bridgehead atoms. The molecule has 7 heteroatoms. The molecule has 3 rings (SSSR count). The van der Waals surface area contributed by atoms with Gasteiger partial charge in [-0.05, 0) is 24.6 Å². The number of carbonyl (C=O) groups is 1. The molecule has 26 heavy (non-hydrogen) atoms. The summed E-state index contributed by atoms with van der Waals surface area (Å²) in [5.74, 6) is 0.163. The van der Waals surface area contributed by atoms with Crippen LogP contribution in [0.2, 0.25) is 0 Å². The minimum Gasteiger partial charge on any atom is -0.474 e. The number of ether oxygens (including phenoxy) is 1. The Balaban J connectivity index is 1.56. The van der Waals surface area contributed by atoms with E-state index in [1.54, 1.807) is 4.90 Å². The zero-order chi connectivity index (χ0) is 18.7. The number of likely N-dealkylation sites (tertiary alicyclic amines) is 1. The Labute approximate surface area is 149 Å². The van der Waals surface area contributed by atoms with E-state index in [4.69, 9.17) is 4.74 Å². The Kier molecular flexibility index (Phi) is 5.15.